The van der Waals surface area contributed by atoms with Gasteiger partial charge in [-0.2, -0.15) is 0 Å². The van der Waals surface area contributed by atoms with Gasteiger partial charge in [0, 0.05) is 0 Å². The van der Waals surface area contributed by atoms with Crippen molar-refractivity contribution in [2.24, 2.45) is 0 Å². The molecule has 0 N–H and O–H groups in total. The molecule has 3 nitrogen and oxygen atoms in total. The predicted molar refractivity (Wildman–Crippen MR) is 65.6 cm³/mol. The number of ether oxygens (including phenoxy) is 2. The zero-order chi connectivity index (χ0) is 11.8. The predicted octanol–water partition coefficient (Wildman–Crippen LogP) is 2.71. The molecule has 0 aliphatic rings. The molecule has 88 valence electrons. The van der Waals surface area contributed by atoms with Gasteiger partial charge in [-0.1, -0.05) is 25.1 Å². The molecule has 0 aliphatic carbocycles. The zero-order valence-corrected chi connectivity index (χ0v) is 10.3. The van der Waals surface area contributed by atoms with Crippen molar-refractivity contribution in [2.45, 2.75) is 19.3 Å². The maximum absolute atomic E-state index is 11.6. The number of hydrogen-bond donors (Lipinski definition) is 0. The lowest BCUT2D eigenvalue weighted by atomic mass is 10.3. The van der Waals surface area contributed by atoms with E-state index in [1.165, 1.54) is 11.8 Å². The molecule has 16 heavy (non-hydrogen) atoms. The summed E-state index contributed by atoms with van der Waals surface area (Å²) in [5.74, 6) is 1.16. The minimum atomic E-state index is -0.577. The Bertz CT molecular complexity index is 313. The summed E-state index contributed by atoms with van der Waals surface area (Å²) in [7, 11) is 0. The molecule has 0 amide bonds. The van der Waals surface area contributed by atoms with E-state index in [-0.39, 0.29) is 5.97 Å². The van der Waals surface area contributed by atoms with Crippen LogP contribution in [0, 0.1) is 0 Å². The highest BCUT2D eigenvalue weighted by Crippen LogP contribution is 2.19. The number of thioether (sulfide) groups is 1. The molecule has 0 aliphatic heterocycles. The highest BCUT2D eigenvalue weighted by atomic mass is 32.2. The van der Waals surface area contributed by atoms with Gasteiger partial charge in [0.1, 0.15) is 5.75 Å². The Morgan fingerprint density at radius 3 is 2.56 bits per heavy atom. The molecule has 0 radical (unpaired) electrons. The first-order valence-corrected chi connectivity index (χ1v) is 6.32. The standard InChI is InChI=1S/C12H16O3S/c1-3-14-11(13)12(16-4-2)15-10-8-6-5-7-9-10/h5-9,12H,3-4H2,1-2H3. The zero-order valence-electron chi connectivity index (χ0n) is 9.51. The van der Waals surface area contributed by atoms with E-state index >= 15 is 0 Å². The second-order valence-corrected chi connectivity index (χ2v) is 4.31. The maximum atomic E-state index is 11.6. The number of rotatable bonds is 6. The Morgan fingerprint density at radius 1 is 1.31 bits per heavy atom. The summed E-state index contributed by atoms with van der Waals surface area (Å²) >= 11 is 1.42. The van der Waals surface area contributed by atoms with Crippen molar-refractivity contribution in [3.63, 3.8) is 0 Å². The Balaban J connectivity index is 2.60. The van der Waals surface area contributed by atoms with Gasteiger partial charge in [-0.15, -0.1) is 11.8 Å². The Morgan fingerprint density at radius 2 is 2.00 bits per heavy atom. The second-order valence-electron chi connectivity index (χ2n) is 2.97. The van der Waals surface area contributed by atoms with E-state index < -0.39 is 5.44 Å². The van der Waals surface area contributed by atoms with Gasteiger partial charge in [0.2, 0.25) is 5.44 Å². The number of esters is 1. The first kappa shape index (κ1) is 12.9. The molecule has 1 rings (SSSR count). The van der Waals surface area contributed by atoms with E-state index in [1.807, 2.05) is 37.3 Å². The summed E-state index contributed by atoms with van der Waals surface area (Å²) in [6, 6.07) is 9.28. The van der Waals surface area contributed by atoms with Crippen molar-refractivity contribution in [2.75, 3.05) is 12.4 Å². The fraction of sp³-hybridized carbons (Fsp3) is 0.417. The molecule has 4 heteroatoms. The van der Waals surface area contributed by atoms with E-state index in [0.717, 1.165) is 5.75 Å². The van der Waals surface area contributed by atoms with Crippen LogP contribution in [0.2, 0.25) is 0 Å². The average molecular weight is 240 g/mol. The summed E-state index contributed by atoms with van der Waals surface area (Å²) in [4.78, 5) is 11.6. The third-order valence-corrected chi connectivity index (χ3v) is 2.71. The minimum Gasteiger partial charge on any atom is -0.468 e. The molecule has 1 aromatic carbocycles. The summed E-state index contributed by atoms with van der Waals surface area (Å²) in [5.41, 5.74) is -0.577. The summed E-state index contributed by atoms with van der Waals surface area (Å²) < 4.78 is 10.5. The molecule has 0 fully saturated rings. The van der Waals surface area contributed by atoms with E-state index in [1.54, 1.807) is 6.92 Å². The van der Waals surface area contributed by atoms with Crippen LogP contribution in [0.3, 0.4) is 0 Å². The van der Waals surface area contributed by atoms with Crippen LogP contribution in [0.15, 0.2) is 30.3 Å². The van der Waals surface area contributed by atoms with Crippen LogP contribution >= 0.6 is 11.8 Å². The second kappa shape index (κ2) is 7.17. The quantitative estimate of drug-likeness (QED) is 0.566. The molecular weight excluding hydrogens is 224 g/mol. The molecule has 0 bridgehead atoms. The molecular formula is C12H16O3S. The van der Waals surface area contributed by atoms with Crippen LogP contribution < -0.4 is 4.74 Å². The lowest BCUT2D eigenvalue weighted by Gasteiger charge is -2.16. The Kier molecular flexibility index (Phi) is 5.78. The molecule has 1 atom stereocenters. The van der Waals surface area contributed by atoms with Crippen molar-refractivity contribution < 1.29 is 14.3 Å². The number of para-hydroxylation sites is 1. The largest absolute Gasteiger partial charge is 0.468 e. The fourth-order valence-corrected chi connectivity index (χ4v) is 1.82. The van der Waals surface area contributed by atoms with Crippen molar-refractivity contribution in [1.29, 1.82) is 0 Å². The van der Waals surface area contributed by atoms with E-state index in [0.29, 0.717) is 12.4 Å². The van der Waals surface area contributed by atoms with Gasteiger partial charge in [0.15, 0.2) is 0 Å². The smallest absolute Gasteiger partial charge is 0.358 e. The van der Waals surface area contributed by atoms with Crippen LogP contribution in [0.1, 0.15) is 13.8 Å². The van der Waals surface area contributed by atoms with E-state index in [9.17, 15) is 4.79 Å². The summed E-state index contributed by atoms with van der Waals surface area (Å²) in [6.07, 6.45) is 0. The minimum absolute atomic E-state index is 0.321. The third-order valence-electron chi connectivity index (χ3n) is 1.78. The van der Waals surface area contributed by atoms with Crippen molar-refractivity contribution in [3.8, 4) is 5.75 Å². The highest BCUT2D eigenvalue weighted by Gasteiger charge is 2.21. The monoisotopic (exact) mass is 240 g/mol. The lowest BCUT2D eigenvalue weighted by molar-refractivity contribution is -0.147. The molecule has 0 spiro atoms. The van der Waals surface area contributed by atoms with Gasteiger partial charge < -0.3 is 9.47 Å². The number of hydrogen-bond acceptors (Lipinski definition) is 4. The first-order valence-electron chi connectivity index (χ1n) is 5.27. The molecule has 0 aromatic heterocycles. The SMILES string of the molecule is CCOC(=O)C(Oc1ccccc1)SCC. The normalized spacial score (nSPS) is 11.9. The average Bonchev–Trinajstić information content (AvgIpc) is 2.30. The van der Waals surface area contributed by atoms with Crippen LogP contribution in [-0.2, 0) is 9.53 Å². The molecule has 0 saturated carbocycles. The van der Waals surface area contributed by atoms with Gasteiger partial charge in [0.25, 0.3) is 0 Å². The molecule has 1 aromatic rings. The number of carbonyl (C=O) groups is 1. The van der Waals surface area contributed by atoms with Crippen LogP contribution in [0.5, 0.6) is 5.75 Å². The van der Waals surface area contributed by atoms with Crippen LogP contribution in [-0.4, -0.2) is 23.8 Å². The first-order chi connectivity index (χ1) is 7.77. The number of benzene rings is 1. The fourth-order valence-electron chi connectivity index (χ4n) is 1.13. The molecule has 0 heterocycles. The van der Waals surface area contributed by atoms with Gasteiger partial charge in [-0.25, -0.2) is 4.79 Å². The van der Waals surface area contributed by atoms with Crippen molar-refractivity contribution in [3.05, 3.63) is 30.3 Å². The van der Waals surface area contributed by atoms with Gasteiger partial charge in [-0.3, -0.25) is 0 Å². The Hall–Kier alpha value is -1.16. The maximum Gasteiger partial charge on any atom is 0.358 e. The summed E-state index contributed by atoms with van der Waals surface area (Å²) in [5, 5.41) is 0. The lowest BCUT2D eigenvalue weighted by Crippen LogP contribution is -2.26. The van der Waals surface area contributed by atoms with Gasteiger partial charge >= 0.3 is 5.97 Å². The summed E-state index contributed by atoms with van der Waals surface area (Å²) in [6.45, 7) is 4.14. The topological polar surface area (TPSA) is 35.5 Å². The van der Waals surface area contributed by atoms with Crippen molar-refractivity contribution in [1.82, 2.24) is 0 Å². The molecule has 1 unspecified atom stereocenters. The van der Waals surface area contributed by atoms with Crippen molar-refractivity contribution >= 4 is 17.7 Å². The van der Waals surface area contributed by atoms with Crippen LogP contribution in [0.4, 0.5) is 0 Å². The molecule has 0 saturated heterocycles. The van der Waals surface area contributed by atoms with E-state index in [4.69, 9.17) is 9.47 Å². The van der Waals surface area contributed by atoms with Crippen LogP contribution in [0.25, 0.3) is 0 Å². The van der Waals surface area contributed by atoms with Gasteiger partial charge in [-0.05, 0) is 24.8 Å². The number of carbonyl (C=O) groups excluding carboxylic acids is 1. The third kappa shape index (κ3) is 4.14. The van der Waals surface area contributed by atoms with Gasteiger partial charge in [0.05, 0.1) is 6.61 Å². The highest BCUT2D eigenvalue weighted by molar-refractivity contribution is 8.00. The Labute approximate surface area is 100 Å². The van der Waals surface area contributed by atoms with E-state index in [2.05, 4.69) is 0 Å².